The highest BCUT2D eigenvalue weighted by atomic mass is 79.9. The van der Waals surface area contributed by atoms with Crippen LogP contribution in [-0.2, 0) is 6.54 Å². The molecule has 0 fully saturated rings. The number of ether oxygens (including phenoxy) is 1. The molecule has 1 heterocycles. The molecule has 17 heavy (non-hydrogen) atoms. The largest absolute Gasteiger partial charge is 0.489 e. The summed E-state index contributed by atoms with van der Waals surface area (Å²) in [6.45, 7) is 0.794. The summed E-state index contributed by atoms with van der Waals surface area (Å²) in [7, 11) is 0. The molecule has 2 aromatic rings. The van der Waals surface area contributed by atoms with Crippen LogP contribution in [0.2, 0.25) is 0 Å². The van der Waals surface area contributed by atoms with Crippen molar-refractivity contribution in [3.63, 3.8) is 0 Å². The van der Waals surface area contributed by atoms with E-state index in [2.05, 4.69) is 41.9 Å². The lowest BCUT2D eigenvalue weighted by molar-refractivity contribution is 0.276. The maximum atomic E-state index is 13.2. The van der Waals surface area contributed by atoms with Crippen molar-refractivity contribution in [3.05, 3.63) is 39.6 Å². The van der Waals surface area contributed by atoms with Crippen molar-refractivity contribution in [1.29, 1.82) is 0 Å². The van der Waals surface area contributed by atoms with Crippen LogP contribution in [0.1, 0.15) is 0 Å². The molecule has 2 rings (SSSR count). The van der Waals surface area contributed by atoms with Gasteiger partial charge in [-0.2, -0.15) is 4.98 Å². The third kappa shape index (κ3) is 3.26. The number of para-hydroxylation sites is 1. The van der Waals surface area contributed by atoms with E-state index in [1.807, 2.05) is 0 Å². The minimum absolute atomic E-state index is 0.239. The van der Waals surface area contributed by atoms with E-state index in [1.165, 1.54) is 6.07 Å². The molecule has 0 radical (unpaired) electrons. The van der Waals surface area contributed by atoms with Crippen molar-refractivity contribution < 1.29 is 9.13 Å². The van der Waals surface area contributed by atoms with Gasteiger partial charge in [-0.3, -0.25) is 0 Å². The van der Waals surface area contributed by atoms with E-state index in [-0.39, 0.29) is 11.6 Å². The Morgan fingerprint density at radius 2 is 2.06 bits per heavy atom. The van der Waals surface area contributed by atoms with Gasteiger partial charge in [0.05, 0.1) is 6.54 Å². The predicted octanol–water partition coefficient (Wildman–Crippen LogP) is 3.02. The summed E-state index contributed by atoms with van der Waals surface area (Å²) in [5.74, 6) is -0.130. The van der Waals surface area contributed by atoms with Crippen LogP contribution in [-0.4, -0.2) is 21.4 Å². The molecule has 1 aromatic heterocycles. The Balaban J connectivity index is 1.92. The molecule has 0 aliphatic heterocycles. The van der Waals surface area contributed by atoms with Gasteiger partial charge in [0.1, 0.15) is 6.61 Å². The van der Waals surface area contributed by atoms with Crippen LogP contribution in [0, 0.1) is 5.82 Å². The van der Waals surface area contributed by atoms with Crippen LogP contribution in [0.3, 0.4) is 0 Å². The Hall–Kier alpha value is -0.950. The second kappa shape index (κ2) is 5.59. The van der Waals surface area contributed by atoms with Gasteiger partial charge in [-0.25, -0.2) is 9.07 Å². The molecule has 0 N–H and O–H groups in total. The first-order valence-electron chi connectivity index (χ1n) is 4.80. The van der Waals surface area contributed by atoms with E-state index in [4.69, 9.17) is 4.74 Å². The quantitative estimate of drug-likeness (QED) is 0.837. The van der Waals surface area contributed by atoms with Crippen LogP contribution < -0.4 is 4.74 Å². The summed E-state index contributed by atoms with van der Waals surface area (Å²) in [4.78, 5) is 4.01. The average molecular weight is 365 g/mol. The lowest BCUT2D eigenvalue weighted by Crippen LogP contribution is -2.10. The number of halogens is 3. The molecule has 1 aromatic carbocycles. The van der Waals surface area contributed by atoms with Crippen molar-refractivity contribution >= 4 is 31.9 Å². The Bertz CT molecular complexity index is 518. The topological polar surface area (TPSA) is 39.9 Å². The zero-order valence-corrected chi connectivity index (χ0v) is 11.8. The minimum Gasteiger partial charge on any atom is -0.489 e. The van der Waals surface area contributed by atoms with Crippen LogP contribution in [0.4, 0.5) is 4.39 Å². The SMILES string of the molecule is Fc1ccccc1OCCn1nc(Br)nc1Br. The second-order valence-electron chi connectivity index (χ2n) is 3.15. The highest BCUT2D eigenvalue weighted by molar-refractivity contribution is 9.11. The van der Waals surface area contributed by atoms with Gasteiger partial charge < -0.3 is 4.74 Å². The fraction of sp³-hybridized carbons (Fsp3) is 0.200. The maximum absolute atomic E-state index is 13.2. The first-order chi connectivity index (χ1) is 8.16. The fourth-order valence-electron chi connectivity index (χ4n) is 1.24. The lowest BCUT2D eigenvalue weighted by Gasteiger charge is -2.06. The molecule has 0 unspecified atom stereocenters. The number of benzene rings is 1. The van der Waals surface area contributed by atoms with Gasteiger partial charge >= 0.3 is 0 Å². The number of nitrogens with zero attached hydrogens (tertiary/aromatic N) is 3. The van der Waals surface area contributed by atoms with Gasteiger partial charge in [0.15, 0.2) is 16.3 Å². The molecular formula is C10H8Br2FN3O. The third-order valence-electron chi connectivity index (χ3n) is 2.00. The van der Waals surface area contributed by atoms with Gasteiger partial charge in [0.25, 0.3) is 0 Å². The van der Waals surface area contributed by atoms with Crippen molar-refractivity contribution in [2.45, 2.75) is 6.54 Å². The van der Waals surface area contributed by atoms with E-state index in [9.17, 15) is 4.39 Å². The van der Waals surface area contributed by atoms with Crippen LogP contribution in [0.5, 0.6) is 5.75 Å². The lowest BCUT2D eigenvalue weighted by atomic mass is 10.3. The van der Waals surface area contributed by atoms with E-state index >= 15 is 0 Å². The van der Waals surface area contributed by atoms with Crippen molar-refractivity contribution in [1.82, 2.24) is 14.8 Å². The molecule has 0 saturated carbocycles. The molecule has 0 bridgehead atoms. The molecule has 0 spiro atoms. The first kappa shape index (κ1) is 12.5. The Morgan fingerprint density at radius 1 is 1.29 bits per heavy atom. The number of rotatable bonds is 4. The van der Waals surface area contributed by atoms with Crippen molar-refractivity contribution in [2.24, 2.45) is 0 Å². The molecule has 0 saturated heterocycles. The smallest absolute Gasteiger partial charge is 0.218 e. The molecule has 4 nitrogen and oxygen atoms in total. The van der Waals surface area contributed by atoms with Crippen LogP contribution in [0.25, 0.3) is 0 Å². The van der Waals surface area contributed by atoms with E-state index in [1.54, 1.807) is 22.9 Å². The number of hydrogen-bond acceptors (Lipinski definition) is 3. The van der Waals surface area contributed by atoms with E-state index in [0.29, 0.717) is 22.6 Å². The van der Waals surface area contributed by atoms with Crippen LogP contribution in [0.15, 0.2) is 33.7 Å². The molecule has 0 atom stereocenters. The minimum atomic E-state index is -0.369. The number of aromatic nitrogens is 3. The second-order valence-corrected chi connectivity index (χ2v) is 4.57. The summed E-state index contributed by atoms with van der Waals surface area (Å²) < 4.78 is 21.2. The summed E-state index contributed by atoms with van der Waals surface area (Å²) in [6, 6.07) is 6.28. The Morgan fingerprint density at radius 3 is 2.71 bits per heavy atom. The number of hydrogen-bond donors (Lipinski definition) is 0. The summed E-state index contributed by atoms with van der Waals surface area (Å²) in [5, 5.41) is 4.07. The highest BCUT2D eigenvalue weighted by Gasteiger charge is 2.06. The van der Waals surface area contributed by atoms with Gasteiger partial charge in [-0.15, -0.1) is 5.10 Å². The van der Waals surface area contributed by atoms with Crippen LogP contribution >= 0.6 is 31.9 Å². The summed E-state index contributed by atoms with van der Waals surface area (Å²) in [5.41, 5.74) is 0. The van der Waals surface area contributed by atoms with E-state index < -0.39 is 0 Å². The monoisotopic (exact) mass is 363 g/mol. The molecule has 7 heteroatoms. The van der Waals surface area contributed by atoms with E-state index in [0.717, 1.165) is 0 Å². The van der Waals surface area contributed by atoms with Gasteiger partial charge in [0.2, 0.25) is 4.73 Å². The molecule has 90 valence electrons. The van der Waals surface area contributed by atoms with Gasteiger partial charge in [0, 0.05) is 0 Å². The molecular weight excluding hydrogens is 357 g/mol. The molecule has 0 amide bonds. The summed E-state index contributed by atoms with van der Waals surface area (Å²) in [6.07, 6.45) is 0. The van der Waals surface area contributed by atoms with Gasteiger partial charge in [-0.05, 0) is 44.0 Å². The zero-order valence-electron chi connectivity index (χ0n) is 8.61. The fourth-order valence-corrected chi connectivity index (χ4v) is 2.27. The molecule has 0 aliphatic rings. The normalized spacial score (nSPS) is 10.5. The van der Waals surface area contributed by atoms with Crippen molar-refractivity contribution in [3.8, 4) is 5.75 Å². The highest BCUT2D eigenvalue weighted by Crippen LogP contribution is 2.16. The first-order valence-corrected chi connectivity index (χ1v) is 6.38. The van der Waals surface area contributed by atoms with Gasteiger partial charge in [-0.1, -0.05) is 12.1 Å². The van der Waals surface area contributed by atoms with Crippen molar-refractivity contribution in [2.75, 3.05) is 6.61 Å². The Kier molecular flexibility index (Phi) is 4.11. The zero-order chi connectivity index (χ0) is 12.3. The predicted molar refractivity (Wildman–Crippen MR) is 67.3 cm³/mol. The maximum Gasteiger partial charge on any atom is 0.218 e. The molecule has 0 aliphatic carbocycles. The third-order valence-corrected chi connectivity index (χ3v) is 2.92. The Labute approximate surface area is 114 Å². The standard InChI is InChI=1S/C10H8Br2FN3O/c11-9-14-10(12)16(15-9)5-6-17-8-4-2-1-3-7(8)13/h1-4H,5-6H2. The average Bonchev–Trinajstić information content (AvgIpc) is 2.60. The summed E-state index contributed by atoms with van der Waals surface area (Å²) >= 11 is 6.41.